The number of halogens is 2. The number of rotatable bonds is 6. The second-order valence-electron chi connectivity index (χ2n) is 5.33. The Morgan fingerprint density at radius 2 is 1.88 bits per heavy atom. The molecular weight excluding hydrogens is 349 g/mol. The molecule has 2 aromatic carbocycles. The quantitative estimate of drug-likeness (QED) is 0.792. The molecule has 0 aliphatic heterocycles. The van der Waals surface area contributed by atoms with Gasteiger partial charge in [0.05, 0.1) is 0 Å². The molecule has 1 atom stereocenters. The first-order valence-electron chi connectivity index (χ1n) is 7.50. The van der Waals surface area contributed by atoms with Crippen LogP contribution in [0, 0.1) is 12.7 Å². The highest BCUT2D eigenvalue weighted by atomic mass is 35.5. The summed E-state index contributed by atoms with van der Waals surface area (Å²) in [5.41, 5.74) is 1.39. The minimum Gasteiger partial charge on any atom is -0.479 e. The number of carbonyl (C=O) groups excluding carboxylic acids is 2. The molecule has 0 aliphatic carbocycles. The van der Waals surface area contributed by atoms with E-state index in [-0.39, 0.29) is 0 Å². The fourth-order valence-corrected chi connectivity index (χ4v) is 2.07. The van der Waals surface area contributed by atoms with Gasteiger partial charge >= 0.3 is 5.97 Å². The molecule has 0 saturated heterocycles. The molecule has 1 N–H and O–H groups in total. The zero-order valence-electron chi connectivity index (χ0n) is 13.7. The van der Waals surface area contributed by atoms with E-state index in [1.54, 1.807) is 18.2 Å². The summed E-state index contributed by atoms with van der Waals surface area (Å²) in [5, 5.41) is 3.10. The molecular formula is C18H17ClFNO4. The Labute approximate surface area is 149 Å². The van der Waals surface area contributed by atoms with E-state index in [2.05, 4.69) is 5.32 Å². The lowest BCUT2D eigenvalue weighted by Gasteiger charge is -2.14. The first-order valence-corrected chi connectivity index (χ1v) is 7.88. The molecule has 0 aliphatic rings. The third kappa shape index (κ3) is 5.76. The maximum absolute atomic E-state index is 12.8. The third-order valence-electron chi connectivity index (χ3n) is 3.26. The lowest BCUT2D eigenvalue weighted by atomic mass is 10.2. The molecule has 0 aromatic heterocycles. The molecule has 2 aromatic rings. The zero-order chi connectivity index (χ0) is 18.4. The van der Waals surface area contributed by atoms with Gasteiger partial charge in [0.15, 0.2) is 12.7 Å². The molecule has 0 bridgehead atoms. The third-order valence-corrected chi connectivity index (χ3v) is 3.67. The Balaban J connectivity index is 1.80. The molecule has 5 nitrogen and oxygen atoms in total. The van der Waals surface area contributed by atoms with Crippen molar-refractivity contribution >= 4 is 29.2 Å². The predicted octanol–water partition coefficient (Wildman–Crippen LogP) is 3.74. The van der Waals surface area contributed by atoms with Gasteiger partial charge in [-0.2, -0.15) is 0 Å². The van der Waals surface area contributed by atoms with Gasteiger partial charge in [-0.1, -0.05) is 17.7 Å². The number of anilines is 1. The van der Waals surface area contributed by atoms with Gasteiger partial charge in [-0.25, -0.2) is 9.18 Å². The van der Waals surface area contributed by atoms with Crippen LogP contribution in [-0.2, 0) is 14.3 Å². The second kappa shape index (κ2) is 8.48. The number of benzene rings is 2. The maximum Gasteiger partial charge on any atom is 0.347 e. The van der Waals surface area contributed by atoms with Gasteiger partial charge in [0, 0.05) is 10.7 Å². The van der Waals surface area contributed by atoms with Crippen molar-refractivity contribution in [3.8, 4) is 5.75 Å². The number of hydrogen-bond donors (Lipinski definition) is 1. The monoisotopic (exact) mass is 365 g/mol. The molecule has 25 heavy (non-hydrogen) atoms. The average molecular weight is 366 g/mol. The normalized spacial score (nSPS) is 11.5. The van der Waals surface area contributed by atoms with Crippen LogP contribution in [0.5, 0.6) is 5.75 Å². The van der Waals surface area contributed by atoms with E-state index in [1.807, 2.05) is 6.92 Å². The highest BCUT2D eigenvalue weighted by Crippen LogP contribution is 2.20. The van der Waals surface area contributed by atoms with Crippen molar-refractivity contribution in [2.24, 2.45) is 0 Å². The SMILES string of the molecule is Cc1ccc(NC(=O)COC(=O)[C@H](C)Oc2ccc(F)cc2)cc1Cl. The van der Waals surface area contributed by atoms with Crippen LogP contribution in [0.4, 0.5) is 10.1 Å². The van der Waals surface area contributed by atoms with Gasteiger partial charge in [0.25, 0.3) is 5.91 Å². The summed E-state index contributed by atoms with van der Waals surface area (Å²) in [4.78, 5) is 23.7. The number of ether oxygens (including phenoxy) is 2. The van der Waals surface area contributed by atoms with Crippen LogP contribution in [0.15, 0.2) is 42.5 Å². The molecule has 132 valence electrons. The largest absolute Gasteiger partial charge is 0.479 e. The van der Waals surface area contributed by atoms with Gasteiger partial charge in [0.2, 0.25) is 0 Å². The van der Waals surface area contributed by atoms with Gasteiger partial charge in [-0.15, -0.1) is 0 Å². The molecule has 2 rings (SSSR count). The summed E-state index contributed by atoms with van der Waals surface area (Å²) in [5.74, 6) is -1.29. The minimum absolute atomic E-state index is 0.324. The summed E-state index contributed by atoms with van der Waals surface area (Å²) in [6.07, 6.45) is -0.938. The molecule has 0 unspecified atom stereocenters. The average Bonchev–Trinajstić information content (AvgIpc) is 2.58. The van der Waals surface area contributed by atoms with E-state index in [0.29, 0.717) is 16.5 Å². The second-order valence-corrected chi connectivity index (χ2v) is 5.74. The summed E-state index contributed by atoms with van der Waals surface area (Å²) in [6, 6.07) is 10.3. The van der Waals surface area contributed by atoms with Gasteiger partial charge in [-0.05, 0) is 55.8 Å². The Kier molecular flexibility index (Phi) is 6.36. The number of amides is 1. The number of esters is 1. The van der Waals surface area contributed by atoms with Gasteiger partial charge in [0.1, 0.15) is 11.6 Å². The number of aryl methyl sites for hydroxylation is 1. The topological polar surface area (TPSA) is 64.6 Å². The Morgan fingerprint density at radius 1 is 1.20 bits per heavy atom. The lowest BCUT2D eigenvalue weighted by Crippen LogP contribution is -2.29. The Bertz CT molecular complexity index is 764. The molecule has 0 saturated carbocycles. The Morgan fingerprint density at radius 3 is 2.52 bits per heavy atom. The fraction of sp³-hybridized carbons (Fsp3) is 0.222. The first-order chi connectivity index (χ1) is 11.8. The van der Waals surface area contributed by atoms with Crippen molar-refractivity contribution in [2.45, 2.75) is 20.0 Å². The van der Waals surface area contributed by atoms with Crippen molar-refractivity contribution in [2.75, 3.05) is 11.9 Å². The van der Waals surface area contributed by atoms with Crippen molar-refractivity contribution in [1.29, 1.82) is 0 Å². The van der Waals surface area contributed by atoms with Crippen molar-refractivity contribution in [3.63, 3.8) is 0 Å². The van der Waals surface area contributed by atoms with Crippen LogP contribution in [0.3, 0.4) is 0 Å². The summed E-state index contributed by atoms with van der Waals surface area (Å²) in [6.45, 7) is 2.86. The highest BCUT2D eigenvalue weighted by Gasteiger charge is 2.18. The van der Waals surface area contributed by atoms with E-state index < -0.39 is 30.4 Å². The predicted molar refractivity (Wildman–Crippen MR) is 92.3 cm³/mol. The van der Waals surface area contributed by atoms with Crippen LogP contribution in [0.1, 0.15) is 12.5 Å². The molecule has 7 heteroatoms. The zero-order valence-corrected chi connectivity index (χ0v) is 14.5. The molecule has 1 amide bonds. The van der Waals surface area contributed by atoms with Crippen LogP contribution >= 0.6 is 11.6 Å². The number of nitrogens with one attached hydrogen (secondary N) is 1. The van der Waals surface area contributed by atoms with Crippen LogP contribution in [0.2, 0.25) is 5.02 Å². The maximum atomic E-state index is 12.8. The van der Waals surface area contributed by atoms with Gasteiger partial charge in [-0.3, -0.25) is 4.79 Å². The van der Waals surface area contributed by atoms with E-state index in [0.717, 1.165) is 5.56 Å². The van der Waals surface area contributed by atoms with E-state index >= 15 is 0 Å². The molecule has 0 fully saturated rings. The van der Waals surface area contributed by atoms with Gasteiger partial charge < -0.3 is 14.8 Å². The summed E-state index contributed by atoms with van der Waals surface area (Å²) in [7, 11) is 0. The fourth-order valence-electron chi connectivity index (χ4n) is 1.89. The number of hydrogen-bond acceptors (Lipinski definition) is 4. The van der Waals surface area contributed by atoms with Crippen molar-refractivity contribution in [3.05, 3.63) is 58.9 Å². The number of carbonyl (C=O) groups is 2. The van der Waals surface area contributed by atoms with E-state index in [4.69, 9.17) is 21.1 Å². The van der Waals surface area contributed by atoms with Crippen molar-refractivity contribution < 1.29 is 23.5 Å². The van der Waals surface area contributed by atoms with Crippen molar-refractivity contribution in [1.82, 2.24) is 0 Å². The molecule has 0 spiro atoms. The highest BCUT2D eigenvalue weighted by molar-refractivity contribution is 6.31. The summed E-state index contributed by atoms with van der Waals surface area (Å²) >= 11 is 5.98. The van der Waals surface area contributed by atoms with Crippen LogP contribution < -0.4 is 10.1 Å². The molecule has 0 heterocycles. The lowest BCUT2D eigenvalue weighted by molar-refractivity contribution is -0.153. The Hall–Kier alpha value is -2.60. The smallest absolute Gasteiger partial charge is 0.347 e. The minimum atomic E-state index is -0.938. The summed E-state index contributed by atoms with van der Waals surface area (Å²) < 4.78 is 23.0. The molecule has 0 radical (unpaired) electrons. The standard InChI is InChI=1S/C18H17ClFNO4/c1-11-3-6-14(9-16(11)19)21-17(22)10-24-18(23)12(2)25-15-7-4-13(20)5-8-15/h3-9,12H,10H2,1-2H3,(H,21,22)/t12-/m0/s1. The van der Waals surface area contributed by atoms with Crippen LogP contribution in [-0.4, -0.2) is 24.6 Å². The van der Waals surface area contributed by atoms with E-state index in [9.17, 15) is 14.0 Å². The van der Waals surface area contributed by atoms with E-state index in [1.165, 1.54) is 31.2 Å². The van der Waals surface area contributed by atoms with Crippen LogP contribution in [0.25, 0.3) is 0 Å². The first kappa shape index (κ1) is 18.7.